The van der Waals surface area contributed by atoms with E-state index in [1.807, 2.05) is 6.07 Å². The Morgan fingerprint density at radius 2 is 1.80 bits per heavy atom. The summed E-state index contributed by atoms with van der Waals surface area (Å²) in [5.41, 5.74) is 0.129. The van der Waals surface area contributed by atoms with Crippen LogP contribution in [0, 0.1) is 18.3 Å². The van der Waals surface area contributed by atoms with Crippen LogP contribution in [0.2, 0.25) is 0 Å². The molecule has 132 valence electrons. The largest absolute Gasteiger partial charge is 0.481 e. The summed E-state index contributed by atoms with van der Waals surface area (Å²) in [4.78, 5) is 7.92. The van der Waals surface area contributed by atoms with Crippen molar-refractivity contribution in [3.8, 4) is 18.0 Å². The molecule has 5 nitrogen and oxygen atoms in total. The molecular formula is C18H19F2N3O2. The van der Waals surface area contributed by atoms with Crippen LogP contribution < -0.4 is 9.47 Å². The first-order chi connectivity index (χ1) is 11.7. The molecule has 0 saturated heterocycles. The van der Waals surface area contributed by atoms with Gasteiger partial charge in [0.15, 0.2) is 0 Å². The predicted molar refractivity (Wildman–Crippen MR) is 88.1 cm³/mol. The highest BCUT2D eigenvalue weighted by Gasteiger charge is 2.41. The van der Waals surface area contributed by atoms with Crippen LogP contribution in [0.5, 0.6) is 11.9 Å². The second-order valence-electron chi connectivity index (χ2n) is 5.91. The lowest BCUT2D eigenvalue weighted by Gasteiger charge is -2.23. The fourth-order valence-corrected chi connectivity index (χ4v) is 2.60. The molecule has 0 aliphatic heterocycles. The minimum absolute atomic E-state index is 0.0460. The number of hydrogen-bond donors (Lipinski definition) is 0. The van der Waals surface area contributed by atoms with Gasteiger partial charge in [-0.1, -0.05) is 13.8 Å². The molecule has 0 aliphatic carbocycles. The number of ether oxygens (including phenoxy) is 2. The number of halogens is 2. The standard InChI is InChI=1S/C18H19F2N3O2/c1-10(2)14-15(22-17(25-5)23-16(14)24-4)18(19,20)13-7-11(3)6-12(8-13)9-21/h6-8,10H,1-5H3. The number of aryl methyl sites for hydroxylation is 1. The molecule has 1 aromatic carbocycles. The van der Waals surface area contributed by atoms with Crippen molar-refractivity contribution in [2.45, 2.75) is 32.6 Å². The van der Waals surface area contributed by atoms with E-state index in [0.29, 0.717) is 5.56 Å². The Morgan fingerprint density at radius 1 is 1.12 bits per heavy atom. The molecule has 0 atom stereocenters. The van der Waals surface area contributed by atoms with Gasteiger partial charge in [0.25, 0.3) is 0 Å². The summed E-state index contributed by atoms with van der Waals surface area (Å²) in [5, 5.41) is 9.07. The van der Waals surface area contributed by atoms with Gasteiger partial charge >= 0.3 is 11.9 Å². The van der Waals surface area contributed by atoms with Crippen molar-refractivity contribution >= 4 is 0 Å². The molecule has 7 heteroatoms. The highest BCUT2D eigenvalue weighted by Crippen LogP contribution is 2.42. The Bertz CT molecular complexity index is 830. The molecule has 0 aliphatic rings. The van der Waals surface area contributed by atoms with Gasteiger partial charge < -0.3 is 9.47 Å². The molecule has 0 unspecified atom stereocenters. The van der Waals surface area contributed by atoms with Crippen molar-refractivity contribution < 1.29 is 18.3 Å². The first kappa shape index (κ1) is 18.6. The number of alkyl halides is 2. The van der Waals surface area contributed by atoms with E-state index >= 15 is 8.78 Å². The molecule has 0 bridgehead atoms. The topological polar surface area (TPSA) is 68.0 Å². The quantitative estimate of drug-likeness (QED) is 0.819. The molecule has 0 N–H and O–H groups in total. The van der Waals surface area contributed by atoms with Crippen LogP contribution in [0.4, 0.5) is 8.78 Å². The average molecular weight is 347 g/mol. The number of aromatic nitrogens is 2. The second-order valence-corrected chi connectivity index (χ2v) is 5.91. The van der Waals surface area contributed by atoms with Crippen molar-refractivity contribution in [2.24, 2.45) is 0 Å². The maximum Gasteiger partial charge on any atom is 0.319 e. The van der Waals surface area contributed by atoms with Gasteiger partial charge in [-0.05, 0) is 36.6 Å². The fourth-order valence-electron chi connectivity index (χ4n) is 2.60. The molecule has 25 heavy (non-hydrogen) atoms. The van der Waals surface area contributed by atoms with Crippen LogP contribution in [0.3, 0.4) is 0 Å². The SMILES string of the molecule is COc1nc(OC)c(C(C)C)c(C(F)(F)c2cc(C)cc(C#N)c2)n1. The van der Waals surface area contributed by atoms with Crippen molar-refractivity contribution in [3.63, 3.8) is 0 Å². The van der Waals surface area contributed by atoms with Crippen molar-refractivity contribution in [2.75, 3.05) is 14.2 Å². The van der Waals surface area contributed by atoms with E-state index in [2.05, 4.69) is 9.97 Å². The molecule has 1 aromatic heterocycles. The summed E-state index contributed by atoms with van der Waals surface area (Å²) in [6.07, 6.45) is 0. The monoisotopic (exact) mass is 347 g/mol. The average Bonchev–Trinajstić information content (AvgIpc) is 2.59. The Hall–Kier alpha value is -2.75. The van der Waals surface area contributed by atoms with E-state index in [1.54, 1.807) is 26.8 Å². The van der Waals surface area contributed by atoms with E-state index in [-0.39, 0.29) is 34.5 Å². The minimum Gasteiger partial charge on any atom is -0.481 e. The minimum atomic E-state index is -3.44. The highest BCUT2D eigenvalue weighted by atomic mass is 19.3. The van der Waals surface area contributed by atoms with Crippen molar-refractivity contribution in [3.05, 3.63) is 46.1 Å². The van der Waals surface area contributed by atoms with Crippen LogP contribution in [-0.2, 0) is 5.92 Å². The number of nitriles is 1. The third-order valence-corrected chi connectivity index (χ3v) is 3.71. The summed E-state index contributed by atoms with van der Waals surface area (Å²) in [5.74, 6) is -3.70. The number of benzene rings is 1. The predicted octanol–water partition coefficient (Wildman–Crippen LogP) is 3.94. The lowest BCUT2D eigenvalue weighted by molar-refractivity contribution is 0.0352. The van der Waals surface area contributed by atoms with E-state index in [4.69, 9.17) is 14.7 Å². The third-order valence-electron chi connectivity index (χ3n) is 3.71. The summed E-state index contributed by atoms with van der Waals surface area (Å²) in [7, 11) is 2.65. The van der Waals surface area contributed by atoms with Gasteiger partial charge in [0.1, 0.15) is 5.69 Å². The van der Waals surface area contributed by atoms with Crippen LogP contribution in [-0.4, -0.2) is 24.2 Å². The van der Waals surface area contributed by atoms with Gasteiger partial charge in [0.2, 0.25) is 5.88 Å². The second kappa shape index (κ2) is 7.01. The fraction of sp³-hybridized carbons (Fsp3) is 0.389. The number of hydrogen-bond acceptors (Lipinski definition) is 5. The van der Waals surface area contributed by atoms with Gasteiger partial charge in [-0.15, -0.1) is 0 Å². The van der Waals surface area contributed by atoms with E-state index < -0.39 is 11.6 Å². The van der Waals surface area contributed by atoms with Crippen LogP contribution in [0.15, 0.2) is 18.2 Å². The maximum atomic E-state index is 15.3. The Labute approximate surface area is 145 Å². The van der Waals surface area contributed by atoms with Crippen LogP contribution in [0.1, 0.15) is 47.7 Å². The lowest BCUT2D eigenvalue weighted by atomic mass is 9.93. The normalized spacial score (nSPS) is 11.3. The summed E-state index contributed by atoms with van der Waals surface area (Å²) < 4.78 is 40.8. The number of rotatable bonds is 5. The van der Waals surface area contributed by atoms with Gasteiger partial charge in [-0.2, -0.15) is 24.0 Å². The lowest BCUT2D eigenvalue weighted by Crippen LogP contribution is -2.22. The summed E-state index contributed by atoms with van der Waals surface area (Å²) in [6.45, 7) is 5.17. The Kier molecular flexibility index (Phi) is 5.21. The van der Waals surface area contributed by atoms with Gasteiger partial charge in [-0.3, -0.25) is 0 Å². The first-order valence-corrected chi connectivity index (χ1v) is 7.65. The molecule has 2 aromatic rings. The Morgan fingerprint density at radius 3 is 2.32 bits per heavy atom. The van der Waals surface area contributed by atoms with Crippen LogP contribution >= 0.6 is 0 Å². The summed E-state index contributed by atoms with van der Waals surface area (Å²) >= 11 is 0. The van der Waals surface area contributed by atoms with Crippen molar-refractivity contribution in [1.29, 1.82) is 5.26 Å². The molecule has 0 saturated carbocycles. The highest BCUT2D eigenvalue weighted by molar-refractivity contribution is 5.46. The smallest absolute Gasteiger partial charge is 0.319 e. The zero-order chi connectivity index (χ0) is 18.8. The van der Waals surface area contributed by atoms with Gasteiger partial charge in [0.05, 0.1) is 25.9 Å². The van der Waals surface area contributed by atoms with Crippen LogP contribution in [0.25, 0.3) is 0 Å². The van der Waals surface area contributed by atoms with E-state index in [0.717, 1.165) is 6.07 Å². The van der Waals surface area contributed by atoms with E-state index in [9.17, 15) is 0 Å². The zero-order valence-corrected chi connectivity index (χ0v) is 14.7. The maximum absolute atomic E-state index is 15.3. The number of methoxy groups -OCH3 is 2. The molecule has 0 amide bonds. The molecule has 1 heterocycles. The molecule has 0 radical (unpaired) electrons. The summed E-state index contributed by atoms with van der Waals surface area (Å²) in [6, 6.07) is 5.74. The van der Waals surface area contributed by atoms with Gasteiger partial charge in [0, 0.05) is 11.1 Å². The number of nitrogens with zero attached hydrogens (tertiary/aromatic N) is 3. The Balaban J connectivity index is 2.78. The van der Waals surface area contributed by atoms with E-state index in [1.165, 1.54) is 20.3 Å². The van der Waals surface area contributed by atoms with Crippen molar-refractivity contribution in [1.82, 2.24) is 9.97 Å². The van der Waals surface area contributed by atoms with Gasteiger partial charge in [-0.25, -0.2) is 0 Å². The zero-order valence-electron chi connectivity index (χ0n) is 14.7. The molecule has 0 fully saturated rings. The first-order valence-electron chi connectivity index (χ1n) is 7.65. The molecule has 0 spiro atoms. The molecular weight excluding hydrogens is 328 g/mol. The molecule has 2 rings (SSSR count). The third kappa shape index (κ3) is 3.53.